The van der Waals surface area contributed by atoms with Crippen LogP contribution in [0.5, 0.6) is 0 Å². The maximum absolute atomic E-state index is 13.0. The van der Waals surface area contributed by atoms with Gasteiger partial charge < -0.3 is 10.6 Å². The van der Waals surface area contributed by atoms with Crippen LogP contribution >= 0.6 is 0 Å². The Morgan fingerprint density at radius 2 is 2.24 bits per heavy atom. The highest BCUT2D eigenvalue weighted by Crippen LogP contribution is 2.04. The minimum Gasteiger partial charge on any atom is -0.345 e. The fourth-order valence-electron chi connectivity index (χ4n) is 1.60. The maximum atomic E-state index is 13.0. The van der Waals surface area contributed by atoms with Crippen LogP contribution in [0.2, 0.25) is 0 Å². The number of aromatic amines is 1. The van der Waals surface area contributed by atoms with E-state index in [0.29, 0.717) is 5.82 Å². The second-order valence-electron chi connectivity index (χ2n) is 4.25. The van der Waals surface area contributed by atoms with Gasteiger partial charge in [-0.15, -0.1) is 10.2 Å². The Kier molecular flexibility index (Phi) is 4.54. The minimum absolute atomic E-state index is 0.147. The summed E-state index contributed by atoms with van der Waals surface area (Å²) in [4.78, 5) is 23.4. The molecule has 0 saturated carbocycles. The molecule has 0 aliphatic carbocycles. The molecule has 2 amide bonds. The number of halogens is 1. The molecule has 110 valence electrons. The molecule has 0 spiro atoms. The van der Waals surface area contributed by atoms with Gasteiger partial charge in [-0.25, -0.2) is 4.39 Å². The molecule has 1 heterocycles. The van der Waals surface area contributed by atoms with Crippen molar-refractivity contribution < 1.29 is 14.0 Å². The lowest BCUT2D eigenvalue weighted by Gasteiger charge is -2.10. The average molecular weight is 292 g/mol. The largest absolute Gasteiger partial charge is 0.345 e. The highest BCUT2D eigenvalue weighted by molar-refractivity contribution is 5.96. The molecule has 1 atom stereocenters. The lowest BCUT2D eigenvalue weighted by molar-refractivity contribution is -0.120. The number of H-pyrrole nitrogens is 1. The molecule has 0 aliphatic rings. The summed E-state index contributed by atoms with van der Waals surface area (Å²) >= 11 is 0. The molecular formula is C12H13FN6O2. The van der Waals surface area contributed by atoms with Gasteiger partial charge in [0.1, 0.15) is 5.82 Å². The lowest BCUT2D eigenvalue weighted by Crippen LogP contribution is -2.38. The van der Waals surface area contributed by atoms with Crippen LogP contribution in [0.3, 0.4) is 0 Å². The second kappa shape index (κ2) is 6.55. The highest BCUT2D eigenvalue weighted by Gasteiger charge is 2.14. The molecule has 3 N–H and O–H groups in total. The third-order valence-electron chi connectivity index (χ3n) is 2.62. The monoisotopic (exact) mass is 292 g/mol. The fraction of sp³-hybridized carbons (Fsp3) is 0.250. The van der Waals surface area contributed by atoms with E-state index in [0.717, 1.165) is 6.07 Å². The van der Waals surface area contributed by atoms with E-state index in [9.17, 15) is 14.0 Å². The van der Waals surface area contributed by atoms with E-state index in [1.165, 1.54) is 18.2 Å². The predicted molar refractivity (Wildman–Crippen MR) is 69.5 cm³/mol. The van der Waals surface area contributed by atoms with Gasteiger partial charge >= 0.3 is 0 Å². The van der Waals surface area contributed by atoms with Gasteiger partial charge in [-0.2, -0.15) is 5.21 Å². The molecule has 0 saturated heterocycles. The number of nitrogens with one attached hydrogen (secondary N) is 3. The highest BCUT2D eigenvalue weighted by atomic mass is 19.1. The van der Waals surface area contributed by atoms with Gasteiger partial charge in [0.25, 0.3) is 5.91 Å². The molecule has 0 radical (unpaired) electrons. The van der Waals surface area contributed by atoms with E-state index >= 15 is 0 Å². The molecule has 0 fully saturated rings. The lowest BCUT2D eigenvalue weighted by atomic mass is 10.2. The molecule has 9 heteroatoms. The van der Waals surface area contributed by atoms with Crippen LogP contribution in [0, 0.1) is 5.82 Å². The summed E-state index contributed by atoms with van der Waals surface area (Å²) in [5.41, 5.74) is 0.147. The summed E-state index contributed by atoms with van der Waals surface area (Å²) in [7, 11) is 0. The number of carbonyl (C=O) groups excluding carboxylic acids is 2. The Bertz CT molecular complexity index is 630. The zero-order chi connectivity index (χ0) is 15.2. The minimum atomic E-state index is -0.531. The topological polar surface area (TPSA) is 113 Å². The van der Waals surface area contributed by atoms with E-state index in [2.05, 4.69) is 31.3 Å². The predicted octanol–water partition coefficient (Wildman–Crippen LogP) is -0.0540. The first-order chi connectivity index (χ1) is 10.1. The maximum Gasteiger partial charge on any atom is 0.251 e. The summed E-state index contributed by atoms with van der Waals surface area (Å²) in [6.07, 6.45) is 0. The van der Waals surface area contributed by atoms with Crippen molar-refractivity contribution in [3.8, 4) is 0 Å². The Labute approximate surface area is 119 Å². The summed E-state index contributed by atoms with van der Waals surface area (Å²) in [5, 5.41) is 18.1. The first kappa shape index (κ1) is 14.6. The van der Waals surface area contributed by atoms with Crippen LogP contribution in [-0.2, 0) is 4.79 Å². The summed E-state index contributed by atoms with van der Waals surface area (Å²) in [6.45, 7) is 1.44. The van der Waals surface area contributed by atoms with Gasteiger partial charge in [0.05, 0.1) is 12.6 Å². The Hall–Kier alpha value is -2.84. The summed E-state index contributed by atoms with van der Waals surface area (Å²) < 4.78 is 13.0. The first-order valence-corrected chi connectivity index (χ1v) is 6.12. The van der Waals surface area contributed by atoms with Crippen molar-refractivity contribution in [2.45, 2.75) is 13.0 Å². The molecule has 1 unspecified atom stereocenters. The second-order valence-corrected chi connectivity index (χ2v) is 4.25. The standard InChI is InChI=1S/C12H13FN6O2/c1-7(11-16-18-19-17-11)15-10(20)6-14-12(21)8-3-2-4-9(13)5-8/h2-5,7H,6H2,1H3,(H,14,21)(H,15,20)(H,16,17,18,19). The van der Waals surface area contributed by atoms with Crippen LogP contribution in [0.15, 0.2) is 24.3 Å². The Morgan fingerprint density at radius 3 is 2.90 bits per heavy atom. The number of carbonyl (C=O) groups is 2. The molecular weight excluding hydrogens is 279 g/mol. The summed E-state index contributed by atoms with van der Waals surface area (Å²) in [5.74, 6) is -1.13. The molecule has 8 nitrogen and oxygen atoms in total. The van der Waals surface area contributed by atoms with Crippen molar-refractivity contribution in [3.05, 3.63) is 41.5 Å². The van der Waals surface area contributed by atoms with Gasteiger partial charge in [-0.05, 0) is 25.1 Å². The van der Waals surface area contributed by atoms with Crippen molar-refractivity contribution in [2.75, 3.05) is 6.54 Å². The molecule has 2 aromatic rings. The van der Waals surface area contributed by atoms with E-state index in [1.807, 2.05) is 0 Å². The number of nitrogens with zero attached hydrogens (tertiary/aromatic N) is 3. The van der Waals surface area contributed by atoms with Crippen molar-refractivity contribution in [1.82, 2.24) is 31.3 Å². The Morgan fingerprint density at radius 1 is 1.43 bits per heavy atom. The molecule has 1 aromatic heterocycles. The average Bonchev–Trinajstić information content (AvgIpc) is 2.99. The van der Waals surface area contributed by atoms with Gasteiger partial charge in [0, 0.05) is 5.56 Å². The zero-order valence-electron chi connectivity index (χ0n) is 11.1. The molecule has 1 aromatic carbocycles. The van der Waals surface area contributed by atoms with E-state index < -0.39 is 23.7 Å². The third-order valence-corrected chi connectivity index (χ3v) is 2.62. The number of hydrogen-bond donors (Lipinski definition) is 3. The van der Waals surface area contributed by atoms with Gasteiger partial charge in [0.15, 0.2) is 5.82 Å². The number of amides is 2. The number of aromatic nitrogens is 4. The SMILES string of the molecule is CC(NC(=O)CNC(=O)c1cccc(F)c1)c1nn[nH]n1. The molecule has 0 aliphatic heterocycles. The van der Waals surface area contributed by atoms with Crippen LogP contribution in [-0.4, -0.2) is 39.0 Å². The van der Waals surface area contributed by atoms with Crippen LogP contribution < -0.4 is 10.6 Å². The quantitative estimate of drug-likeness (QED) is 0.715. The van der Waals surface area contributed by atoms with Crippen LogP contribution in [0.1, 0.15) is 29.1 Å². The van der Waals surface area contributed by atoms with Crippen LogP contribution in [0.25, 0.3) is 0 Å². The van der Waals surface area contributed by atoms with Crippen molar-refractivity contribution >= 4 is 11.8 Å². The number of benzene rings is 1. The number of rotatable bonds is 5. The van der Waals surface area contributed by atoms with E-state index in [1.54, 1.807) is 6.92 Å². The number of hydrogen-bond acceptors (Lipinski definition) is 5. The first-order valence-electron chi connectivity index (χ1n) is 6.12. The van der Waals surface area contributed by atoms with Gasteiger partial charge in [-0.1, -0.05) is 11.3 Å². The third kappa shape index (κ3) is 4.06. The van der Waals surface area contributed by atoms with Crippen molar-refractivity contribution in [1.29, 1.82) is 0 Å². The van der Waals surface area contributed by atoms with Gasteiger partial charge in [0.2, 0.25) is 5.91 Å². The fourth-order valence-corrected chi connectivity index (χ4v) is 1.60. The van der Waals surface area contributed by atoms with E-state index in [4.69, 9.17) is 0 Å². The van der Waals surface area contributed by atoms with Crippen molar-refractivity contribution in [3.63, 3.8) is 0 Å². The Balaban J connectivity index is 1.82. The van der Waals surface area contributed by atoms with Crippen LogP contribution in [0.4, 0.5) is 4.39 Å². The molecule has 0 bridgehead atoms. The smallest absolute Gasteiger partial charge is 0.251 e. The zero-order valence-corrected chi connectivity index (χ0v) is 11.1. The molecule has 21 heavy (non-hydrogen) atoms. The van der Waals surface area contributed by atoms with Crippen molar-refractivity contribution in [2.24, 2.45) is 0 Å². The van der Waals surface area contributed by atoms with Gasteiger partial charge in [-0.3, -0.25) is 9.59 Å². The van der Waals surface area contributed by atoms with E-state index in [-0.39, 0.29) is 12.1 Å². The molecule has 2 rings (SSSR count). The number of tetrazole rings is 1. The summed E-state index contributed by atoms with van der Waals surface area (Å²) in [6, 6.07) is 4.76. The normalized spacial score (nSPS) is 11.7.